The fourth-order valence-electron chi connectivity index (χ4n) is 1.49. The molecule has 0 saturated carbocycles. The van der Waals surface area contributed by atoms with Crippen molar-refractivity contribution in [2.24, 2.45) is 0 Å². The van der Waals surface area contributed by atoms with E-state index in [-0.39, 0.29) is 6.10 Å². The van der Waals surface area contributed by atoms with E-state index >= 15 is 0 Å². The highest BCUT2D eigenvalue weighted by Gasteiger charge is 2.10. The molecular weight excluding hydrogens is 220 g/mol. The zero-order chi connectivity index (χ0) is 12.7. The average Bonchev–Trinajstić information content (AvgIpc) is 2.33. The fourth-order valence-corrected chi connectivity index (χ4v) is 1.49. The van der Waals surface area contributed by atoms with Gasteiger partial charge in [0.25, 0.3) is 0 Å². The Morgan fingerprint density at radius 2 is 2.18 bits per heavy atom. The lowest BCUT2D eigenvalue weighted by molar-refractivity contribution is 0.183. The molecule has 0 aliphatic carbocycles. The number of methoxy groups -OCH3 is 2. The number of pyridine rings is 1. The van der Waals surface area contributed by atoms with Crippen LogP contribution in [0.1, 0.15) is 19.0 Å². The summed E-state index contributed by atoms with van der Waals surface area (Å²) in [5.41, 5.74) is 0.803. The van der Waals surface area contributed by atoms with E-state index in [1.54, 1.807) is 33.4 Å². The number of hydrogen-bond donors (Lipinski definition) is 2. The second-order valence-corrected chi connectivity index (χ2v) is 3.81. The Labute approximate surface area is 102 Å². The maximum absolute atomic E-state index is 9.13. The zero-order valence-electron chi connectivity index (χ0n) is 10.6. The van der Waals surface area contributed by atoms with Crippen LogP contribution in [-0.4, -0.2) is 37.0 Å². The molecule has 0 bridgehead atoms. The van der Waals surface area contributed by atoms with Crippen LogP contribution in [0.3, 0.4) is 0 Å². The van der Waals surface area contributed by atoms with Crippen LogP contribution in [0.2, 0.25) is 0 Å². The van der Waals surface area contributed by atoms with Crippen molar-refractivity contribution in [1.82, 2.24) is 10.3 Å². The van der Waals surface area contributed by atoms with Gasteiger partial charge in [-0.15, -0.1) is 0 Å². The first kappa shape index (κ1) is 13.7. The van der Waals surface area contributed by atoms with Crippen LogP contribution >= 0.6 is 0 Å². The second-order valence-electron chi connectivity index (χ2n) is 3.81. The molecule has 0 aliphatic rings. The Balaban J connectivity index is 2.58. The van der Waals surface area contributed by atoms with Gasteiger partial charge in [-0.2, -0.15) is 0 Å². The summed E-state index contributed by atoms with van der Waals surface area (Å²) < 4.78 is 10.5. The van der Waals surface area contributed by atoms with Crippen LogP contribution in [0.25, 0.3) is 0 Å². The van der Waals surface area contributed by atoms with Crippen molar-refractivity contribution >= 4 is 0 Å². The number of aliphatic hydroxyl groups is 1. The highest BCUT2D eigenvalue weighted by molar-refractivity contribution is 5.42. The van der Waals surface area contributed by atoms with Gasteiger partial charge in [-0.25, -0.2) is 0 Å². The Bertz CT molecular complexity index is 343. The molecule has 17 heavy (non-hydrogen) atoms. The smallest absolute Gasteiger partial charge is 0.183 e. The lowest BCUT2D eigenvalue weighted by Crippen LogP contribution is -2.19. The van der Waals surface area contributed by atoms with Crippen molar-refractivity contribution in [3.63, 3.8) is 0 Å². The maximum Gasteiger partial charge on any atom is 0.183 e. The summed E-state index contributed by atoms with van der Waals surface area (Å²) in [5.74, 6) is 1.33. The fraction of sp³-hybridized carbons (Fsp3) is 0.583. The molecule has 96 valence electrons. The van der Waals surface area contributed by atoms with E-state index in [4.69, 9.17) is 14.6 Å². The number of aliphatic hydroxyl groups excluding tert-OH is 1. The van der Waals surface area contributed by atoms with Crippen molar-refractivity contribution in [2.75, 3.05) is 20.8 Å². The van der Waals surface area contributed by atoms with Crippen molar-refractivity contribution in [3.05, 3.63) is 18.0 Å². The first-order chi connectivity index (χ1) is 8.19. The third kappa shape index (κ3) is 4.20. The molecule has 0 aliphatic heterocycles. The lowest BCUT2D eigenvalue weighted by atomic mass is 10.2. The predicted molar refractivity (Wildman–Crippen MR) is 65.3 cm³/mol. The summed E-state index contributed by atoms with van der Waals surface area (Å²) in [6.45, 7) is 3.10. The van der Waals surface area contributed by atoms with Crippen LogP contribution in [0, 0.1) is 0 Å². The van der Waals surface area contributed by atoms with E-state index in [0.29, 0.717) is 24.5 Å². The molecular formula is C12H20N2O3. The summed E-state index contributed by atoms with van der Waals surface area (Å²) in [4.78, 5) is 4.24. The van der Waals surface area contributed by atoms with Crippen LogP contribution < -0.4 is 14.8 Å². The minimum absolute atomic E-state index is 0.289. The van der Waals surface area contributed by atoms with E-state index in [1.807, 2.05) is 0 Å². The van der Waals surface area contributed by atoms with E-state index in [2.05, 4.69) is 10.3 Å². The van der Waals surface area contributed by atoms with Gasteiger partial charge in [0.15, 0.2) is 11.5 Å². The van der Waals surface area contributed by atoms with Gasteiger partial charge < -0.3 is 19.9 Å². The summed E-state index contributed by atoms with van der Waals surface area (Å²) >= 11 is 0. The Hall–Kier alpha value is -1.33. The molecule has 1 aromatic heterocycles. The van der Waals surface area contributed by atoms with Crippen LogP contribution in [0.5, 0.6) is 11.5 Å². The molecule has 1 unspecified atom stereocenters. The molecule has 0 fully saturated rings. The van der Waals surface area contributed by atoms with Gasteiger partial charge in [0, 0.05) is 18.8 Å². The lowest BCUT2D eigenvalue weighted by Gasteiger charge is -2.12. The number of nitrogens with one attached hydrogen (secondary N) is 1. The molecule has 1 atom stereocenters. The summed E-state index contributed by atoms with van der Waals surface area (Å²) in [6.07, 6.45) is 2.11. The summed E-state index contributed by atoms with van der Waals surface area (Å²) in [6, 6.07) is 1.76. The molecule has 0 saturated heterocycles. The van der Waals surface area contributed by atoms with Gasteiger partial charge in [-0.1, -0.05) is 0 Å². The standard InChI is InChI=1S/C12H20N2O3/c1-9(15)4-6-13-8-10-12(17-3)11(16-2)5-7-14-10/h5,7,9,13,15H,4,6,8H2,1-3H3. The maximum atomic E-state index is 9.13. The summed E-state index contributed by atoms with van der Waals surface area (Å²) in [5, 5.41) is 12.3. The zero-order valence-corrected chi connectivity index (χ0v) is 10.6. The Kier molecular flexibility index (Phi) is 5.72. The minimum atomic E-state index is -0.289. The third-order valence-corrected chi connectivity index (χ3v) is 2.40. The van der Waals surface area contributed by atoms with E-state index in [0.717, 1.165) is 12.2 Å². The van der Waals surface area contributed by atoms with Gasteiger partial charge in [-0.05, 0) is 19.9 Å². The normalized spacial score (nSPS) is 12.2. The van der Waals surface area contributed by atoms with Gasteiger partial charge in [-0.3, -0.25) is 4.98 Å². The molecule has 2 N–H and O–H groups in total. The third-order valence-electron chi connectivity index (χ3n) is 2.40. The highest BCUT2D eigenvalue weighted by Crippen LogP contribution is 2.28. The topological polar surface area (TPSA) is 63.6 Å². The van der Waals surface area contributed by atoms with Crippen LogP contribution in [0.15, 0.2) is 12.3 Å². The molecule has 0 aromatic carbocycles. The monoisotopic (exact) mass is 240 g/mol. The van der Waals surface area contributed by atoms with Crippen molar-refractivity contribution < 1.29 is 14.6 Å². The number of rotatable bonds is 7. The van der Waals surface area contributed by atoms with Crippen molar-refractivity contribution in [2.45, 2.75) is 26.0 Å². The molecule has 1 aromatic rings. The molecule has 1 heterocycles. The number of hydrogen-bond acceptors (Lipinski definition) is 5. The number of ether oxygens (including phenoxy) is 2. The van der Waals surface area contributed by atoms with Crippen molar-refractivity contribution in [3.8, 4) is 11.5 Å². The van der Waals surface area contributed by atoms with Gasteiger partial charge in [0.05, 0.1) is 26.0 Å². The Morgan fingerprint density at radius 3 is 2.76 bits per heavy atom. The van der Waals surface area contributed by atoms with E-state index in [9.17, 15) is 0 Å². The molecule has 0 radical (unpaired) electrons. The predicted octanol–water partition coefficient (Wildman–Crippen LogP) is 0.959. The van der Waals surface area contributed by atoms with Crippen molar-refractivity contribution in [1.29, 1.82) is 0 Å². The SMILES string of the molecule is COc1ccnc(CNCCC(C)O)c1OC. The molecule has 5 heteroatoms. The highest BCUT2D eigenvalue weighted by atomic mass is 16.5. The quantitative estimate of drug-likeness (QED) is 0.695. The van der Waals surface area contributed by atoms with E-state index in [1.165, 1.54) is 0 Å². The van der Waals surface area contributed by atoms with E-state index < -0.39 is 0 Å². The average molecular weight is 240 g/mol. The molecule has 0 amide bonds. The molecule has 0 spiro atoms. The minimum Gasteiger partial charge on any atom is -0.493 e. The van der Waals surface area contributed by atoms with Gasteiger partial charge in [0.2, 0.25) is 0 Å². The second kappa shape index (κ2) is 7.09. The molecule has 5 nitrogen and oxygen atoms in total. The largest absolute Gasteiger partial charge is 0.493 e. The van der Waals surface area contributed by atoms with Crippen LogP contribution in [0.4, 0.5) is 0 Å². The first-order valence-electron chi connectivity index (χ1n) is 5.63. The first-order valence-corrected chi connectivity index (χ1v) is 5.63. The Morgan fingerprint density at radius 1 is 1.41 bits per heavy atom. The number of aromatic nitrogens is 1. The van der Waals surface area contributed by atoms with Gasteiger partial charge >= 0.3 is 0 Å². The summed E-state index contributed by atoms with van der Waals surface area (Å²) in [7, 11) is 3.20. The number of nitrogens with zero attached hydrogens (tertiary/aromatic N) is 1. The van der Waals surface area contributed by atoms with Crippen LogP contribution in [-0.2, 0) is 6.54 Å². The molecule has 1 rings (SSSR count). The van der Waals surface area contributed by atoms with Gasteiger partial charge in [0.1, 0.15) is 0 Å².